The average molecular weight is 892 g/mol. The number of fused-ring (bicyclic) bond motifs is 12. The molecule has 0 fully saturated rings. The van der Waals surface area contributed by atoms with E-state index >= 15 is 0 Å². The lowest BCUT2D eigenvalue weighted by Gasteiger charge is -2.40. The summed E-state index contributed by atoms with van der Waals surface area (Å²) in [5, 5.41) is 2.61. The summed E-state index contributed by atoms with van der Waals surface area (Å²) in [6.45, 7) is 0. The Hall–Kier alpha value is -7.43. The number of aryl methyl sites for hydroxylation is 1. The first-order chi connectivity index (χ1) is 33.2. The number of benzene rings is 10. The van der Waals surface area contributed by atoms with Crippen LogP contribution in [0, 0.1) is 0 Å². The molecule has 0 radical (unpaired) electrons. The van der Waals surface area contributed by atoms with Gasteiger partial charge < -0.3 is 4.90 Å². The maximum absolute atomic E-state index is 2.49. The van der Waals surface area contributed by atoms with E-state index in [1.54, 1.807) is 0 Å². The Labute approximate surface area is 400 Å². The number of hydrogen-bond donors (Lipinski definition) is 0. The van der Waals surface area contributed by atoms with E-state index in [0.29, 0.717) is 0 Å². The topological polar surface area (TPSA) is 3.24 Å². The van der Waals surface area contributed by atoms with Gasteiger partial charge in [0.25, 0.3) is 0 Å². The summed E-state index contributed by atoms with van der Waals surface area (Å²) in [4.78, 5) is 5.06. The van der Waals surface area contributed by atoms with Crippen LogP contribution in [0.3, 0.4) is 0 Å². The number of rotatable bonds is 9. The molecule has 67 heavy (non-hydrogen) atoms. The van der Waals surface area contributed by atoms with Crippen molar-refractivity contribution in [3.63, 3.8) is 0 Å². The van der Waals surface area contributed by atoms with Gasteiger partial charge in [-0.2, -0.15) is 0 Å². The van der Waals surface area contributed by atoms with E-state index in [-0.39, 0.29) is 5.92 Å². The highest BCUT2D eigenvalue weighted by atomic mass is 32.2. The first-order valence-electron chi connectivity index (χ1n) is 23.3. The molecule has 0 N–H and O–H groups in total. The molecule has 2 heterocycles. The Bertz CT molecular complexity index is 3570. The van der Waals surface area contributed by atoms with Crippen molar-refractivity contribution in [2.24, 2.45) is 0 Å². The standard InChI is InChI=1S/C64H45NS2/c1-5-18-43(19-6-1)32-36-50(45-22-9-3-10-23-45)47-34-39-60-54(40-47)53-28-17-31-59(63(53)67-60)65(48-24-11-4-12-25-48)49-35-38-58-62(42-49)66-61-41-46(44-20-7-2-8-21-44)33-37-57(61)64(58)55-29-15-13-26-51(55)52-27-14-16-30-56(52)64/h1-31,33-35,37-42,50H,32,36H2. The van der Waals surface area contributed by atoms with Crippen molar-refractivity contribution in [3.8, 4) is 22.3 Å². The average Bonchev–Trinajstić information content (AvgIpc) is 3.92. The second-order valence-electron chi connectivity index (χ2n) is 17.9. The minimum atomic E-state index is -0.462. The first kappa shape index (κ1) is 39.9. The molecule has 1 unspecified atom stereocenters. The fourth-order valence-corrected chi connectivity index (χ4v) is 13.7. The van der Waals surface area contributed by atoms with Gasteiger partial charge in [0.05, 0.1) is 15.8 Å². The van der Waals surface area contributed by atoms with Gasteiger partial charge in [0.2, 0.25) is 0 Å². The van der Waals surface area contributed by atoms with E-state index in [0.717, 1.165) is 24.2 Å². The molecular formula is C64H45NS2. The molecular weight excluding hydrogens is 847 g/mol. The van der Waals surface area contributed by atoms with Crippen LogP contribution in [0.1, 0.15) is 51.3 Å². The first-order valence-corrected chi connectivity index (χ1v) is 25.0. The van der Waals surface area contributed by atoms with Crippen LogP contribution in [0.4, 0.5) is 17.1 Å². The number of para-hydroxylation sites is 1. The summed E-state index contributed by atoms with van der Waals surface area (Å²) < 4.78 is 2.60. The molecule has 1 atom stereocenters. The number of hydrogen-bond acceptors (Lipinski definition) is 3. The highest BCUT2D eigenvalue weighted by Gasteiger charge is 2.50. The third-order valence-electron chi connectivity index (χ3n) is 14.2. The normalized spacial score (nSPS) is 13.5. The van der Waals surface area contributed by atoms with Gasteiger partial charge in [-0.25, -0.2) is 0 Å². The molecule has 1 aliphatic carbocycles. The fraction of sp³-hybridized carbons (Fsp3) is 0.0625. The predicted octanol–water partition coefficient (Wildman–Crippen LogP) is 17.8. The Morgan fingerprint density at radius 3 is 1.78 bits per heavy atom. The summed E-state index contributed by atoms with van der Waals surface area (Å²) >= 11 is 3.82. The van der Waals surface area contributed by atoms with E-state index in [4.69, 9.17) is 0 Å². The fourth-order valence-electron chi connectivity index (χ4n) is 11.2. The predicted molar refractivity (Wildman–Crippen MR) is 284 cm³/mol. The molecule has 0 saturated heterocycles. The molecule has 0 amide bonds. The Kier molecular flexibility index (Phi) is 9.81. The van der Waals surface area contributed by atoms with E-state index in [9.17, 15) is 0 Å². The summed E-state index contributed by atoms with van der Waals surface area (Å²) in [6, 6.07) is 90.5. The maximum atomic E-state index is 2.49. The zero-order valence-electron chi connectivity index (χ0n) is 36.8. The van der Waals surface area contributed by atoms with Crippen LogP contribution >= 0.6 is 23.1 Å². The van der Waals surface area contributed by atoms with Crippen molar-refractivity contribution in [2.45, 2.75) is 34.0 Å². The van der Waals surface area contributed by atoms with Crippen LogP contribution in [0.5, 0.6) is 0 Å². The molecule has 1 aromatic heterocycles. The van der Waals surface area contributed by atoms with Crippen LogP contribution < -0.4 is 4.90 Å². The minimum absolute atomic E-state index is 0.286. The van der Waals surface area contributed by atoms with Crippen molar-refractivity contribution in [2.75, 3.05) is 4.90 Å². The minimum Gasteiger partial charge on any atom is -0.309 e. The van der Waals surface area contributed by atoms with Gasteiger partial charge in [0.15, 0.2) is 0 Å². The lowest BCUT2D eigenvalue weighted by atomic mass is 9.67. The SMILES string of the molecule is c1ccc(CCC(c2ccccc2)c2ccc3sc4c(N(c5ccccc5)c5ccc6c(c5)Sc5cc(-c7ccccc7)ccc5C65c6ccccc6-c6ccccc65)cccc4c3c2)cc1. The van der Waals surface area contributed by atoms with Gasteiger partial charge >= 0.3 is 0 Å². The van der Waals surface area contributed by atoms with Gasteiger partial charge in [0.1, 0.15) is 0 Å². The monoisotopic (exact) mass is 891 g/mol. The Balaban J connectivity index is 0.975. The molecule has 1 nitrogen and oxygen atoms in total. The highest BCUT2D eigenvalue weighted by molar-refractivity contribution is 7.99. The van der Waals surface area contributed by atoms with E-state index in [1.165, 1.54) is 96.8 Å². The van der Waals surface area contributed by atoms with Gasteiger partial charge in [-0.1, -0.05) is 206 Å². The molecule has 11 aromatic rings. The zero-order valence-corrected chi connectivity index (χ0v) is 38.5. The molecule has 1 aliphatic heterocycles. The quantitative estimate of drug-likeness (QED) is 0.142. The highest BCUT2D eigenvalue weighted by Crippen LogP contribution is 2.63. The lowest BCUT2D eigenvalue weighted by molar-refractivity contribution is 0.716. The molecule has 318 valence electrons. The molecule has 0 saturated carbocycles. The maximum Gasteiger partial charge on any atom is 0.0735 e. The van der Waals surface area contributed by atoms with Crippen LogP contribution in [-0.4, -0.2) is 0 Å². The van der Waals surface area contributed by atoms with Gasteiger partial charge in [0, 0.05) is 42.6 Å². The molecule has 13 rings (SSSR count). The van der Waals surface area contributed by atoms with Crippen molar-refractivity contribution >= 4 is 60.3 Å². The molecule has 10 aromatic carbocycles. The van der Waals surface area contributed by atoms with Crippen molar-refractivity contribution in [3.05, 3.63) is 282 Å². The van der Waals surface area contributed by atoms with E-state index in [1.807, 2.05) is 23.1 Å². The van der Waals surface area contributed by atoms with E-state index < -0.39 is 5.41 Å². The smallest absolute Gasteiger partial charge is 0.0735 e. The van der Waals surface area contributed by atoms with E-state index in [2.05, 4.69) is 248 Å². The van der Waals surface area contributed by atoms with Crippen molar-refractivity contribution in [1.29, 1.82) is 0 Å². The summed E-state index contributed by atoms with van der Waals surface area (Å²) in [7, 11) is 0. The second kappa shape index (κ2) is 16.5. The number of anilines is 3. The summed E-state index contributed by atoms with van der Waals surface area (Å²) in [6.07, 6.45) is 2.07. The van der Waals surface area contributed by atoms with Crippen LogP contribution in [0.25, 0.3) is 42.4 Å². The van der Waals surface area contributed by atoms with Gasteiger partial charge in [-0.15, -0.1) is 11.3 Å². The number of nitrogens with zero attached hydrogens (tertiary/aromatic N) is 1. The second-order valence-corrected chi connectivity index (χ2v) is 20.0. The van der Waals surface area contributed by atoms with Crippen LogP contribution in [0.2, 0.25) is 0 Å². The Morgan fingerprint density at radius 1 is 0.418 bits per heavy atom. The third kappa shape index (κ3) is 6.60. The molecule has 0 bridgehead atoms. The van der Waals surface area contributed by atoms with Gasteiger partial charge in [-0.3, -0.25) is 0 Å². The molecule has 3 heteroatoms. The molecule has 2 aliphatic rings. The summed E-state index contributed by atoms with van der Waals surface area (Å²) in [5.74, 6) is 0.286. The zero-order chi connectivity index (χ0) is 44.3. The summed E-state index contributed by atoms with van der Waals surface area (Å²) in [5.41, 5.74) is 17.6. The number of thiophene rings is 1. The molecule has 1 spiro atoms. The third-order valence-corrected chi connectivity index (χ3v) is 16.5. The lowest BCUT2D eigenvalue weighted by Crippen LogP contribution is -2.32. The van der Waals surface area contributed by atoms with Crippen LogP contribution in [-0.2, 0) is 11.8 Å². The Morgan fingerprint density at radius 2 is 1.04 bits per heavy atom. The van der Waals surface area contributed by atoms with Gasteiger partial charge in [-0.05, 0) is 123 Å². The van der Waals surface area contributed by atoms with Crippen molar-refractivity contribution in [1.82, 2.24) is 0 Å². The van der Waals surface area contributed by atoms with Crippen LogP contribution in [0.15, 0.2) is 252 Å². The largest absolute Gasteiger partial charge is 0.309 e. The van der Waals surface area contributed by atoms with Crippen molar-refractivity contribution < 1.29 is 0 Å².